The average Bonchev–Trinajstić information content (AvgIpc) is 2.16. The van der Waals surface area contributed by atoms with Crippen LogP contribution in [0.3, 0.4) is 0 Å². The Morgan fingerprint density at radius 3 is 2.77 bits per heavy atom. The molecular weight excluding hydrogens is 156 g/mol. The lowest BCUT2D eigenvalue weighted by molar-refractivity contribution is 0.794. The quantitative estimate of drug-likeness (QED) is 0.647. The molecule has 13 heavy (non-hydrogen) atoms. The Morgan fingerprint density at radius 2 is 2.15 bits per heavy atom. The summed E-state index contributed by atoms with van der Waals surface area (Å²) >= 11 is 0. The zero-order valence-corrected chi connectivity index (χ0v) is 8.64. The molecule has 1 aromatic carbocycles. The van der Waals surface area contributed by atoms with E-state index >= 15 is 0 Å². The van der Waals surface area contributed by atoms with Crippen molar-refractivity contribution in [3.05, 3.63) is 41.5 Å². The largest absolute Gasteiger partial charge is 0.0985 e. The van der Waals surface area contributed by atoms with Gasteiger partial charge in [0.05, 0.1) is 0 Å². The molecule has 0 aliphatic heterocycles. The zero-order chi connectivity index (χ0) is 9.68. The summed E-state index contributed by atoms with van der Waals surface area (Å²) in [5, 5.41) is 0. The van der Waals surface area contributed by atoms with E-state index in [0.717, 1.165) is 0 Å². The van der Waals surface area contributed by atoms with Crippen LogP contribution in [0.15, 0.2) is 24.8 Å². The molecule has 0 saturated carbocycles. The lowest BCUT2D eigenvalue weighted by Gasteiger charge is -2.05. The topological polar surface area (TPSA) is 0 Å². The molecule has 1 aromatic rings. The molecule has 0 nitrogen and oxygen atoms in total. The summed E-state index contributed by atoms with van der Waals surface area (Å²) < 4.78 is 0. The minimum atomic E-state index is 1.18. The minimum Gasteiger partial charge on any atom is -0.0985 e. The van der Waals surface area contributed by atoms with E-state index in [9.17, 15) is 0 Å². The van der Waals surface area contributed by atoms with Crippen LogP contribution in [-0.2, 0) is 6.42 Å². The third kappa shape index (κ3) is 2.73. The van der Waals surface area contributed by atoms with Crippen molar-refractivity contribution in [2.75, 3.05) is 0 Å². The molecule has 0 unspecified atom stereocenters. The predicted octanol–water partition coefficient (Wildman–Crippen LogP) is 3.98. The summed E-state index contributed by atoms with van der Waals surface area (Å²) in [6.45, 7) is 8.19. The van der Waals surface area contributed by atoms with E-state index < -0.39 is 0 Å². The van der Waals surface area contributed by atoms with Gasteiger partial charge in [-0.15, -0.1) is 0 Å². The van der Waals surface area contributed by atoms with E-state index in [0.29, 0.717) is 0 Å². The summed E-state index contributed by atoms with van der Waals surface area (Å²) in [5.74, 6) is 0. The minimum absolute atomic E-state index is 1.18. The molecule has 0 aliphatic carbocycles. The Balaban J connectivity index is 2.86. The summed E-state index contributed by atoms with van der Waals surface area (Å²) in [6, 6.07) is 6.61. The molecule has 0 atom stereocenters. The molecule has 1 rings (SSSR count). The molecule has 0 fully saturated rings. The van der Waals surface area contributed by atoms with Crippen LogP contribution in [-0.4, -0.2) is 0 Å². The highest BCUT2D eigenvalue weighted by Crippen LogP contribution is 2.15. The van der Waals surface area contributed by atoms with Crippen LogP contribution in [0.25, 0.3) is 6.08 Å². The number of aryl methyl sites for hydroxylation is 2. The van der Waals surface area contributed by atoms with Gasteiger partial charge in [0.2, 0.25) is 0 Å². The Hall–Kier alpha value is -1.04. The molecule has 0 N–H and O–H groups in total. The lowest BCUT2D eigenvalue weighted by atomic mass is 10.00. The van der Waals surface area contributed by atoms with E-state index in [1.165, 1.54) is 36.0 Å². The van der Waals surface area contributed by atoms with Crippen molar-refractivity contribution in [1.29, 1.82) is 0 Å². The summed E-state index contributed by atoms with van der Waals surface area (Å²) in [7, 11) is 0. The molecule has 0 saturated heterocycles. The normalized spacial score (nSPS) is 10.0. The van der Waals surface area contributed by atoms with Gasteiger partial charge in [-0.2, -0.15) is 0 Å². The Bertz CT molecular complexity index is 284. The number of benzene rings is 1. The first-order chi connectivity index (χ1) is 6.27. The number of unbranched alkanes of at least 4 members (excludes halogenated alkanes) is 1. The van der Waals surface area contributed by atoms with Crippen molar-refractivity contribution in [2.24, 2.45) is 0 Å². The van der Waals surface area contributed by atoms with Gasteiger partial charge in [-0.1, -0.05) is 49.8 Å². The molecule has 0 radical (unpaired) electrons. The average molecular weight is 174 g/mol. The van der Waals surface area contributed by atoms with Gasteiger partial charge in [0.25, 0.3) is 0 Å². The molecule has 0 amide bonds. The van der Waals surface area contributed by atoms with E-state index in [4.69, 9.17) is 0 Å². The summed E-state index contributed by atoms with van der Waals surface area (Å²) in [5.41, 5.74) is 4.05. The van der Waals surface area contributed by atoms with Crippen LogP contribution in [0.1, 0.15) is 36.5 Å². The Kier molecular flexibility index (Phi) is 3.75. The van der Waals surface area contributed by atoms with Crippen LogP contribution >= 0.6 is 0 Å². The van der Waals surface area contributed by atoms with Gasteiger partial charge in [-0.25, -0.2) is 0 Å². The van der Waals surface area contributed by atoms with Crippen molar-refractivity contribution in [1.82, 2.24) is 0 Å². The maximum absolute atomic E-state index is 3.84. The second kappa shape index (κ2) is 4.86. The predicted molar refractivity (Wildman–Crippen MR) is 59.9 cm³/mol. The Morgan fingerprint density at radius 1 is 1.38 bits per heavy atom. The highest BCUT2D eigenvalue weighted by Gasteiger charge is 1.98. The van der Waals surface area contributed by atoms with Gasteiger partial charge >= 0.3 is 0 Å². The summed E-state index contributed by atoms with van der Waals surface area (Å²) in [6.07, 6.45) is 5.66. The van der Waals surface area contributed by atoms with Crippen LogP contribution in [0.4, 0.5) is 0 Å². The third-order valence-corrected chi connectivity index (χ3v) is 2.32. The highest BCUT2D eigenvalue weighted by atomic mass is 14.0. The van der Waals surface area contributed by atoms with Gasteiger partial charge in [-0.3, -0.25) is 0 Å². The molecule has 0 heterocycles. The molecule has 0 heteroatoms. The van der Waals surface area contributed by atoms with Crippen molar-refractivity contribution in [2.45, 2.75) is 33.1 Å². The van der Waals surface area contributed by atoms with Gasteiger partial charge < -0.3 is 0 Å². The first kappa shape index (κ1) is 10.0. The second-order valence-corrected chi connectivity index (χ2v) is 3.51. The van der Waals surface area contributed by atoms with E-state index in [-0.39, 0.29) is 0 Å². The van der Waals surface area contributed by atoms with Crippen LogP contribution in [0.5, 0.6) is 0 Å². The van der Waals surface area contributed by atoms with Crippen molar-refractivity contribution < 1.29 is 0 Å². The highest BCUT2D eigenvalue weighted by molar-refractivity contribution is 5.53. The fourth-order valence-corrected chi connectivity index (χ4v) is 1.50. The van der Waals surface area contributed by atoms with E-state index in [2.05, 4.69) is 38.6 Å². The fraction of sp³-hybridized carbons (Fsp3) is 0.385. The van der Waals surface area contributed by atoms with Crippen LogP contribution < -0.4 is 0 Å². The van der Waals surface area contributed by atoms with Crippen LogP contribution in [0.2, 0.25) is 0 Å². The van der Waals surface area contributed by atoms with Gasteiger partial charge in [-0.05, 0) is 30.9 Å². The smallest absolute Gasteiger partial charge is 0.0228 e. The van der Waals surface area contributed by atoms with E-state index in [1.54, 1.807) is 0 Å². The first-order valence-electron chi connectivity index (χ1n) is 5.00. The standard InChI is InChI=1S/C13H18/c1-4-6-7-13-9-8-11(3)10-12(13)5-2/h5,8-10H,2,4,6-7H2,1,3H3. The van der Waals surface area contributed by atoms with Crippen molar-refractivity contribution in [3.63, 3.8) is 0 Å². The maximum atomic E-state index is 3.84. The van der Waals surface area contributed by atoms with Crippen molar-refractivity contribution >= 4 is 6.08 Å². The third-order valence-electron chi connectivity index (χ3n) is 2.32. The maximum Gasteiger partial charge on any atom is -0.0228 e. The lowest BCUT2D eigenvalue weighted by Crippen LogP contribution is -1.89. The summed E-state index contributed by atoms with van der Waals surface area (Å²) in [4.78, 5) is 0. The van der Waals surface area contributed by atoms with Crippen LogP contribution in [0, 0.1) is 6.92 Å². The Labute approximate surface area is 81.3 Å². The van der Waals surface area contributed by atoms with Gasteiger partial charge in [0, 0.05) is 0 Å². The first-order valence-corrected chi connectivity index (χ1v) is 5.00. The van der Waals surface area contributed by atoms with Gasteiger partial charge in [0.1, 0.15) is 0 Å². The number of hydrogen-bond acceptors (Lipinski definition) is 0. The molecule has 0 aromatic heterocycles. The SMILES string of the molecule is C=Cc1cc(C)ccc1CCCC. The second-order valence-electron chi connectivity index (χ2n) is 3.51. The molecular formula is C13H18. The van der Waals surface area contributed by atoms with E-state index in [1.807, 2.05) is 6.08 Å². The zero-order valence-electron chi connectivity index (χ0n) is 8.64. The monoisotopic (exact) mass is 174 g/mol. The molecule has 0 bridgehead atoms. The molecule has 70 valence electrons. The van der Waals surface area contributed by atoms with Crippen molar-refractivity contribution in [3.8, 4) is 0 Å². The number of rotatable bonds is 4. The fourth-order valence-electron chi connectivity index (χ4n) is 1.50. The molecule has 0 spiro atoms. The molecule has 0 aliphatic rings. The number of hydrogen-bond donors (Lipinski definition) is 0. The van der Waals surface area contributed by atoms with Gasteiger partial charge in [0.15, 0.2) is 0 Å².